The molecule has 6 aromatic carbocycles. The van der Waals surface area contributed by atoms with Gasteiger partial charge in [-0.15, -0.1) is 6.58 Å². The minimum Gasteiger partial charge on any atom is -0.417 e. The molecule has 0 aliphatic carbocycles. The van der Waals surface area contributed by atoms with E-state index in [-0.39, 0.29) is 16.2 Å². The van der Waals surface area contributed by atoms with Crippen molar-refractivity contribution >= 4 is 49.0 Å². The normalized spacial score (nSPS) is 13.4. The molecule has 0 saturated carbocycles. The molecule has 1 unspecified atom stereocenters. The molecule has 0 saturated heterocycles. The molecule has 58 heavy (non-hydrogen) atoms. The summed E-state index contributed by atoms with van der Waals surface area (Å²) >= 11 is 0. The van der Waals surface area contributed by atoms with Crippen molar-refractivity contribution in [2.75, 3.05) is 13.2 Å². The van der Waals surface area contributed by atoms with Crippen molar-refractivity contribution in [1.29, 1.82) is 5.26 Å². The number of aryl methyl sites for hydroxylation is 2. The number of nitrogens with zero attached hydrogens (tertiary/aromatic N) is 1. The van der Waals surface area contributed by atoms with Gasteiger partial charge in [0.25, 0.3) is 0 Å². The van der Waals surface area contributed by atoms with Crippen molar-refractivity contribution < 1.29 is 13.6 Å². The van der Waals surface area contributed by atoms with Crippen molar-refractivity contribution in [3.63, 3.8) is 0 Å². The number of rotatable bonds is 17. The van der Waals surface area contributed by atoms with Gasteiger partial charge in [-0.2, -0.15) is 5.26 Å². The zero-order valence-electron chi connectivity index (χ0n) is 36.9. The van der Waals surface area contributed by atoms with Gasteiger partial charge in [-0.25, -0.2) is 0 Å². The smallest absolute Gasteiger partial charge is 0.191 e. The highest BCUT2D eigenvalue weighted by Crippen LogP contribution is 2.41. The van der Waals surface area contributed by atoms with Crippen LogP contribution in [-0.4, -0.2) is 29.8 Å². The Balaban J connectivity index is 1.27. The summed E-state index contributed by atoms with van der Waals surface area (Å²) in [6.07, 6.45) is 6.52. The van der Waals surface area contributed by atoms with Crippen LogP contribution in [0.1, 0.15) is 94.7 Å². The molecule has 0 bridgehead atoms. The Kier molecular flexibility index (Phi) is 13.2. The Morgan fingerprint density at radius 2 is 1.19 bits per heavy atom. The Morgan fingerprint density at radius 3 is 1.72 bits per heavy atom. The lowest BCUT2D eigenvalue weighted by Gasteiger charge is -2.36. The molecule has 6 rings (SSSR count). The highest BCUT2D eigenvalue weighted by Gasteiger charge is 2.37. The average Bonchev–Trinajstić information content (AvgIpc) is 3.18. The SMILES string of the molecule is C=CCC(OCc1ccc2ccc3c(-c4ccc(C#N)cc4)ccc4ccc1c2c43)c1cc(CCCO[Si](C)(C)C(C)(C)C)cc(CCCO[Si](C)(C)C(C)(C)C)c1. The molecule has 0 N–H and O–H groups in total. The van der Waals surface area contributed by atoms with Crippen molar-refractivity contribution in [2.45, 2.75) is 123 Å². The first-order chi connectivity index (χ1) is 27.4. The van der Waals surface area contributed by atoms with E-state index in [4.69, 9.17) is 13.6 Å². The van der Waals surface area contributed by atoms with Crippen LogP contribution >= 0.6 is 0 Å². The second-order valence-electron chi connectivity index (χ2n) is 19.3. The molecule has 6 heteroatoms. The summed E-state index contributed by atoms with van der Waals surface area (Å²) in [6.45, 7) is 29.4. The van der Waals surface area contributed by atoms with E-state index >= 15 is 0 Å². The molecule has 304 valence electrons. The predicted octanol–water partition coefficient (Wildman–Crippen LogP) is 14.9. The van der Waals surface area contributed by atoms with Gasteiger partial charge in [-0.1, -0.05) is 126 Å². The quantitative estimate of drug-likeness (QED) is 0.0399. The monoisotopic (exact) mass is 807 g/mol. The molecule has 0 heterocycles. The van der Waals surface area contributed by atoms with E-state index in [0.29, 0.717) is 12.2 Å². The predicted molar refractivity (Wildman–Crippen MR) is 252 cm³/mol. The summed E-state index contributed by atoms with van der Waals surface area (Å²) in [7, 11) is -3.61. The maximum Gasteiger partial charge on any atom is 0.191 e. The average molecular weight is 808 g/mol. The molecule has 1 atom stereocenters. The van der Waals surface area contributed by atoms with Crippen LogP contribution in [-0.2, 0) is 33.0 Å². The lowest BCUT2D eigenvalue weighted by atomic mass is 9.88. The van der Waals surface area contributed by atoms with Crippen LogP contribution in [0.3, 0.4) is 0 Å². The second kappa shape index (κ2) is 17.6. The second-order valence-corrected chi connectivity index (χ2v) is 28.9. The van der Waals surface area contributed by atoms with Crippen LogP contribution in [0.5, 0.6) is 0 Å². The molecule has 0 amide bonds. The molecular formula is C52H65NO3Si2. The summed E-state index contributed by atoms with van der Waals surface area (Å²) in [5.41, 5.74) is 8.04. The van der Waals surface area contributed by atoms with Crippen LogP contribution in [0.25, 0.3) is 43.4 Å². The number of benzene rings is 6. The van der Waals surface area contributed by atoms with Crippen molar-refractivity contribution in [3.05, 3.63) is 131 Å². The first-order valence-corrected chi connectivity index (χ1v) is 27.1. The summed E-state index contributed by atoms with van der Waals surface area (Å²) in [5.74, 6) is 0. The van der Waals surface area contributed by atoms with Crippen LogP contribution < -0.4 is 0 Å². The Hall–Kier alpha value is -4.10. The van der Waals surface area contributed by atoms with Crippen LogP contribution in [0.2, 0.25) is 36.3 Å². The van der Waals surface area contributed by atoms with E-state index < -0.39 is 16.6 Å². The van der Waals surface area contributed by atoms with Crippen LogP contribution in [0.15, 0.2) is 104 Å². The Labute approximate surface area is 350 Å². The Morgan fingerprint density at radius 1 is 0.672 bits per heavy atom. The standard InChI is InChI=1S/C52H65NO3Si2/c1-12-15-48(44-33-38(16-13-30-55-57(8,9)51(2,3)4)32-39(34-44)17-14-31-56-58(10,11)52(5,6)7)54-36-43-23-22-41-26-29-47-45(40-20-18-37(35-53)19-21-40)27-24-42-25-28-46(43)49(41)50(42)47/h12,18-29,32-34,48H,1,13-17,30-31,36H2,2-11H3. The third-order valence-electron chi connectivity index (χ3n) is 13.1. The molecule has 0 spiro atoms. The number of hydrogen-bond donors (Lipinski definition) is 0. The zero-order chi connectivity index (χ0) is 41.9. The molecule has 0 aliphatic heterocycles. The lowest BCUT2D eigenvalue weighted by molar-refractivity contribution is 0.0423. The van der Waals surface area contributed by atoms with Crippen LogP contribution in [0, 0.1) is 11.3 Å². The molecule has 0 fully saturated rings. The minimum absolute atomic E-state index is 0.121. The summed E-state index contributed by atoms with van der Waals surface area (Å²) in [4.78, 5) is 0. The highest BCUT2D eigenvalue weighted by atomic mass is 28.4. The fraction of sp³-hybridized carbons (Fsp3) is 0.404. The van der Waals surface area contributed by atoms with E-state index in [9.17, 15) is 5.26 Å². The largest absolute Gasteiger partial charge is 0.417 e. The van der Waals surface area contributed by atoms with E-state index in [1.807, 2.05) is 18.2 Å². The third-order valence-corrected chi connectivity index (χ3v) is 22.2. The molecule has 4 nitrogen and oxygen atoms in total. The lowest BCUT2D eigenvalue weighted by Crippen LogP contribution is -2.41. The van der Waals surface area contributed by atoms with Gasteiger partial charge in [-0.05, 0) is 146 Å². The van der Waals surface area contributed by atoms with Gasteiger partial charge in [0.1, 0.15) is 0 Å². The van der Waals surface area contributed by atoms with E-state index in [2.05, 4.69) is 159 Å². The third kappa shape index (κ3) is 9.67. The van der Waals surface area contributed by atoms with E-state index in [0.717, 1.165) is 50.9 Å². The summed E-state index contributed by atoms with van der Waals surface area (Å²) in [5, 5.41) is 17.2. The van der Waals surface area contributed by atoms with Crippen molar-refractivity contribution in [3.8, 4) is 17.2 Å². The molecule has 0 aromatic heterocycles. The first kappa shape index (κ1) is 43.5. The van der Waals surface area contributed by atoms with E-state index in [1.165, 1.54) is 60.1 Å². The minimum atomic E-state index is -1.80. The van der Waals surface area contributed by atoms with Crippen LogP contribution in [0.4, 0.5) is 0 Å². The van der Waals surface area contributed by atoms with Gasteiger partial charge in [-0.3, -0.25) is 0 Å². The Bertz CT molecular complexity index is 2340. The fourth-order valence-electron chi connectivity index (χ4n) is 7.51. The van der Waals surface area contributed by atoms with Crippen molar-refractivity contribution in [1.82, 2.24) is 0 Å². The fourth-order valence-corrected chi connectivity index (χ4v) is 9.69. The highest BCUT2D eigenvalue weighted by molar-refractivity contribution is 6.74. The van der Waals surface area contributed by atoms with E-state index in [1.54, 1.807) is 0 Å². The maximum atomic E-state index is 9.37. The summed E-state index contributed by atoms with van der Waals surface area (Å²) in [6, 6.07) is 35.2. The van der Waals surface area contributed by atoms with Gasteiger partial charge in [0.15, 0.2) is 16.6 Å². The maximum absolute atomic E-state index is 9.37. The van der Waals surface area contributed by atoms with Gasteiger partial charge in [0, 0.05) is 13.2 Å². The van der Waals surface area contributed by atoms with Gasteiger partial charge >= 0.3 is 0 Å². The number of ether oxygens (including phenoxy) is 1. The topological polar surface area (TPSA) is 51.5 Å². The molecule has 6 aromatic rings. The molecule has 0 aliphatic rings. The van der Waals surface area contributed by atoms with Gasteiger partial charge in [0.05, 0.1) is 24.3 Å². The molecular weight excluding hydrogens is 743 g/mol. The first-order valence-electron chi connectivity index (χ1n) is 21.3. The van der Waals surface area contributed by atoms with Gasteiger partial charge in [0.2, 0.25) is 0 Å². The van der Waals surface area contributed by atoms with Crippen molar-refractivity contribution in [2.24, 2.45) is 0 Å². The summed E-state index contributed by atoms with van der Waals surface area (Å²) < 4.78 is 20.1. The van der Waals surface area contributed by atoms with Gasteiger partial charge < -0.3 is 13.6 Å². The number of nitriles is 1. The zero-order valence-corrected chi connectivity index (χ0v) is 38.9. The number of hydrogen-bond acceptors (Lipinski definition) is 4. The molecule has 0 radical (unpaired) electrons.